The first-order chi connectivity index (χ1) is 8.84. The molecule has 1 aromatic rings. The molecular formula is C14H16BrF3S. The van der Waals surface area contributed by atoms with Gasteiger partial charge in [0.1, 0.15) is 0 Å². The summed E-state index contributed by atoms with van der Waals surface area (Å²) in [5, 5.41) is 0. The van der Waals surface area contributed by atoms with Crippen LogP contribution in [0, 0.1) is 0 Å². The predicted octanol–water partition coefficient (Wildman–Crippen LogP) is 6.40. The zero-order valence-electron chi connectivity index (χ0n) is 10.9. The fraction of sp³-hybridized carbons (Fsp3) is 0.429. The first kappa shape index (κ1) is 15.0. The van der Waals surface area contributed by atoms with Crippen molar-refractivity contribution < 1.29 is 13.2 Å². The minimum absolute atomic E-state index is 0.415. The monoisotopic (exact) mass is 352 g/mol. The molecule has 0 spiro atoms. The summed E-state index contributed by atoms with van der Waals surface area (Å²) in [5.41, 5.74) is -2.56. The molecule has 0 bridgehead atoms. The van der Waals surface area contributed by atoms with Crippen molar-refractivity contribution in [3.63, 3.8) is 0 Å². The predicted molar refractivity (Wildman–Crippen MR) is 79.5 cm³/mol. The number of benzene rings is 1. The van der Waals surface area contributed by atoms with Crippen LogP contribution in [0.15, 0.2) is 28.0 Å². The summed E-state index contributed by atoms with van der Waals surface area (Å²) >= 11 is 3.07. The highest BCUT2D eigenvalue weighted by Gasteiger charge is 2.54. The minimum Gasteiger partial charge on any atom is -0.160 e. The van der Waals surface area contributed by atoms with Gasteiger partial charge >= 0.3 is 5.51 Å². The van der Waals surface area contributed by atoms with Crippen LogP contribution in [0.4, 0.5) is 13.2 Å². The molecule has 19 heavy (non-hydrogen) atoms. The van der Waals surface area contributed by atoms with Gasteiger partial charge in [-0.1, -0.05) is 32.4 Å². The molecule has 0 aliphatic carbocycles. The summed E-state index contributed by atoms with van der Waals surface area (Å²) in [5.74, 6) is 0. The summed E-state index contributed by atoms with van der Waals surface area (Å²) in [6.45, 7) is 3.81. The van der Waals surface area contributed by atoms with E-state index in [-0.39, 0.29) is 0 Å². The van der Waals surface area contributed by atoms with Crippen LogP contribution in [0.1, 0.15) is 37.8 Å². The number of allylic oxidation sites excluding steroid dienone is 1. The quantitative estimate of drug-likeness (QED) is 0.590. The molecule has 1 aliphatic heterocycles. The third-order valence-corrected chi connectivity index (χ3v) is 9.39. The van der Waals surface area contributed by atoms with E-state index in [9.17, 15) is 13.2 Å². The molecule has 0 nitrogen and oxygen atoms in total. The van der Waals surface area contributed by atoms with E-state index in [0.29, 0.717) is 21.8 Å². The molecule has 0 amide bonds. The van der Waals surface area contributed by atoms with Gasteiger partial charge in [0.2, 0.25) is 0 Å². The summed E-state index contributed by atoms with van der Waals surface area (Å²) in [6.07, 6.45) is 3.86. The van der Waals surface area contributed by atoms with Crippen LogP contribution in [0.5, 0.6) is 0 Å². The molecule has 1 unspecified atom stereocenters. The largest absolute Gasteiger partial charge is 0.442 e. The van der Waals surface area contributed by atoms with Gasteiger partial charge in [0.25, 0.3) is 0 Å². The molecule has 0 aromatic heterocycles. The highest BCUT2D eigenvalue weighted by molar-refractivity contribution is 9.59. The van der Waals surface area contributed by atoms with Crippen molar-refractivity contribution in [2.45, 2.75) is 43.5 Å². The number of halogens is 4. The molecule has 1 aliphatic rings. The van der Waals surface area contributed by atoms with Crippen LogP contribution in [-0.4, -0.2) is 5.51 Å². The van der Waals surface area contributed by atoms with Gasteiger partial charge in [-0.05, 0) is 64.3 Å². The molecule has 106 valence electrons. The van der Waals surface area contributed by atoms with Crippen LogP contribution in [0.25, 0.3) is 6.08 Å². The van der Waals surface area contributed by atoms with E-state index in [1.54, 1.807) is 19.1 Å². The van der Waals surface area contributed by atoms with Crippen LogP contribution in [-0.2, 0) is 6.42 Å². The lowest BCUT2D eigenvalue weighted by Gasteiger charge is -2.35. The maximum atomic E-state index is 13.5. The lowest BCUT2D eigenvalue weighted by Crippen LogP contribution is -2.15. The molecule has 1 aromatic carbocycles. The average Bonchev–Trinajstić information content (AvgIpc) is 2.63. The number of aryl methyl sites for hydroxylation is 1. The molecule has 1 heterocycles. The summed E-state index contributed by atoms with van der Waals surface area (Å²) in [4.78, 5) is 0.881. The molecule has 0 saturated carbocycles. The zero-order chi connectivity index (χ0) is 14.3. The van der Waals surface area contributed by atoms with Gasteiger partial charge in [-0.25, -0.2) is 0 Å². The Hall–Kier alpha value is -0.420. The first-order valence-electron chi connectivity index (χ1n) is 6.27. The van der Waals surface area contributed by atoms with E-state index in [4.69, 9.17) is 0 Å². The van der Waals surface area contributed by atoms with Gasteiger partial charge in [0, 0.05) is 4.90 Å². The van der Waals surface area contributed by atoms with Crippen molar-refractivity contribution in [3.05, 3.63) is 34.2 Å². The molecule has 0 saturated heterocycles. The second-order valence-corrected chi connectivity index (χ2v) is 9.99. The van der Waals surface area contributed by atoms with Gasteiger partial charge < -0.3 is 0 Å². The third kappa shape index (κ3) is 2.35. The normalized spacial score (nSPS) is 25.7. The SMILES string of the molecule is CCCc1ccc2c(c1)S(Br)(C(F)(F)F)C(CC)=C2. The molecule has 0 N–H and O–H groups in total. The third-order valence-electron chi connectivity index (χ3n) is 3.26. The van der Waals surface area contributed by atoms with Gasteiger partial charge in [-0.3, -0.25) is 0 Å². The lowest BCUT2D eigenvalue weighted by atomic mass is 10.1. The minimum atomic E-state index is -4.25. The first-order valence-corrected chi connectivity index (χ1v) is 9.75. The number of rotatable bonds is 3. The van der Waals surface area contributed by atoms with Crippen LogP contribution in [0.2, 0.25) is 0 Å². The van der Waals surface area contributed by atoms with Gasteiger partial charge in [-0.15, -0.1) is 0 Å². The highest BCUT2D eigenvalue weighted by Crippen LogP contribution is 2.81. The van der Waals surface area contributed by atoms with Gasteiger partial charge in [0.05, 0.1) is 0 Å². The molecule has 0 fully saturated rings. The number of alkyl halides is 3. The topological polar surface area (TPSA) is 0 Å². The van der Waals surface area contributed by atoms with Crippen molar-refractivity contribution in [1.82, 2.24) is 0 Å². The number of hydrogen-bond donors (Lipinski definition) is 0. The van der Waals surface area contributed by atoms with E-state index in [2.05, 4.69) is 14.8 Å². The Morgan fingerprint density at radius 2 is 1.89 bits per heavy atom. The summed E-state index contributed by atoms with van der Waals surface area (Å²) < 4.78 is 40.6. The van der Waals surface area contributed by atoms with Crippen molar-refractivity contribution in [2.24, 2.45) is 0 Å². The maximum Gasteiger partial charge on any atom is 0.442 e. The molecule has 5 heteroatoms. The Morgan fingerprint density at radius 3 is 2.42 bits per heavy atom. The van der Waals surface area contributed by atoms with Crippen LogP contribution >= 0.6 is 23.3 Å². The molecule has 2 rings (SSSR count). The average molecular weight is 353 g/mol. The Morgan fingerprint density at radius 1 is 1.21 bits per heavy atom. The van der Waals surface area contributed by atoms with E-state index >= 15 is 0 Å². The highest BCUT2D eigenvalue weighted by atomic mass is 79.9. The summed E-state index contributed by atoms with van der Waals surface area (Å²) in [6, 6.07) is 5.48. The van der Waals surface area contributed by atoms with Crippen LogP contribution in [0.3, 0.4) is 0 Å². The Bertz CT molecular complexity index is 522. The second kappa shape index (κ2) is 5.17. The van der Waals surface area contributed by atoms with Crippen molar-refractivity contribution in [1.29, 1.82) is 0 Å². The lowest BCUT2D eigenvalue weighted by molar-refractivity contribution is -0.0355. The second-order valence-electron chi connectivity index (χ2n) is 4.57. The van der Waals surface area contributed by atoms with E-state index < -0.39 is 14.0 Å². The number of fused-ring (bicyclic) bond motifs is 1. The molecular weight excluding hydrogens is 337 g/mol. The van der Waals surface area contributed by atoms with E-state index in [1.165, 1.54) is 0 Å². The van der Waals surface area contributed by atoms with Crippen molar-refractivity contribution >= 4 is 29.4 Å². The Balaban J connectivity index is 2.58. The Labute approximate surface area is 120 Å². The van der Waals surface area contributed by atoms with E-state index in [1.807, 2.05) is 19.1 Å². The van der Waals surface area contributed by atoms with Crippen molar-refractivity contribution in [3.8, 4) is 0 Å². The maximum absolute atomic E-state index is 13.5. The standard InChI is InChI=1S/C14H16BrF3S/c1-3-5-10-6-7-11-9-12(4-2)19(15,13(11)8-10)14(16,17)18/h6-9H,3-5H2,1-2H3. The van der Waals surface area contributed by atoms with Crippen molar-refractivity contribution in [2.75, 3.05) is 0 Å². The van der Waals surface area contributed by atoms with Crippen LogP contribution < -0.4 is 0 Å². The molecule has 0 radical (unpaired) electrons. The van der Waals surface area contributed by atoms with Gasteiger partial charge in [-0.2, -0.15) is 13.2 Å². The summed E-state index contributed by atoms with van der Waals surface area (Å²) in [7, 11) is -3.04. The fourth-order valence-electron chi connectivity index (χ4n) is 2.36. The fourth-order valence-corrected chi connectivity index (χ4v) is 6.45. The van der Waals surface area contributed by atoms with Gasteiger partial charge in [0.15, 0.2) is 0 Å². The zero-order valence-corrected chi connectivity index (χ0v) is 13.3. The van der Waals surface area contributed by atoms with E-state index in [0.717, 1.165) is 18.4 Å². The number of hydrogen-bond acceptors (Lipinski definition) is 0. The smallest absolute Gasteiger partial charge is 0.160 e. The molecule has 1 atom stereocenters. The Kier molecular flexibility index (Phi) is 4.07.